The third kappa shape index (κ3) is 3.10. The van der Waals surface area contributed by atoms with Gasteiger partial charge in [0.15, 0.2) is 0 Å². The second kappa shape index (κ2) is 5.41. The molecule has 1 aliphatic carbocycles. The first-order valence-electron chi connectivity index (χ1n) is 7.44. The van der Waals surface area contributed by atoms with Crippen molar-refractivity contribution in [2.75, 3.05) is 0 Å². The molecule has 1 aromatic heterocycles. The topological polar surface area (TPSA) is 29.9 Å². The smallest absolute Gasteiger partial charge is 0.0659 e. The molecule has 3 nitrogen and oxygen atoms in total. The molecule has 1 fully saturated rings. The maximum absolute atomic E-state index is 4.63. The monoisotopic (exact) mass is 269 g/mol. The van der Waals surface area contributed by atoms with Crippen molar-refractivity contribution in [3.8, 4) is 0 Å². The molecular formula is C17H23N3. The number of aromatic nitrogens is 2. The van der Waals surface area contributed by atoms with Crippen LogP contribution in [0.25, 0.3) is 0 Å². The Kier molecular flexibility index (Phi) is 3.62. The number of nitrogens with one attached hydrogen (secondary N) is 1. The van der Waals surface area contributed by atoms with Crippen molar-refractivity contribution in [1.29, 1.82) is 0 Å². The summed E-state index contributed by atoms with van der Waals surface area (Å²) in [6.45, 7) is 8.21. The van der Waals surface area contributed by atoms with E-state index in [1.54, 1.807) is 0 Å². The average Bonchev–Trinajstić information content (AvgIpc) is 3.17. The molecule has 1 aliphatic rings. The number of benzene rings is 1. The van der Waals surface area contributed by atoms with Crippen LogP contribution in [-0.4, -0.2) is 15.8 Å². The number of hydrogen-bond acceptors (Lipinski definition) is 2. The van der Waals surface area contributed by atoms with Gasteiger partial charge in [-0.25, -0.2) is 0 Å². The van der Waals surface area contributed by atoms with Gasteiger partial charge in [-0.1, -0.05) is 18.2 Å². The normalized spacial score (nSPS) is 14.8. The molecule has 2 aromatic rings. The van der Waals surface area contributed by atoms with Crippen molar-refractivity contribution >= 4 is 0 Å². The molecule has 1 heterocycles. The third-order valence-electron chi connectivity index (χ3n) is 4.12. The highest BCUT2D eigenvalue weighted by Crippen LogP contribution is 2.20. The Labute approximate surface area is 121 Å². The van der Waals surface area contributed by atoms with Crippen LogP contribution in [0.1, 0.15) is 40.8 Å². The lowest BCUT2D eigenvalue weighted by Crippen LogP contribution is -2.15. The molecule has 0 aliphatic heterocycles. The van der Waals surface area contributed by atoms with E-state index in [9.17, 15) is 0 Å². The van der Waals surface area contributed by atoms with E-state index in [2.05, 4.69) is 60.3 Å². The largest absolute Gasteiger partial charge is 0.310 e. The van der Waals surface area contributed by atoms with Gasteiger partial charge in [0.25, 0.3) is 0 Å². The van der Waals surface area contributed by atoms with E-state index in [4.69, 9.17) is 0 Å². The summed E-state index contributed by atoms with van der Waals surface area (Å²) in [4.78, 5) is 0. The molecule has 0 radical (unpaired) electrons. The van der Waals surface area contributed by atoms with E-state index in [1.807, 2.05) is 0 Å². The molecule has 0 atom stereocenters. The molecule has 0 unspecified atom stereocenters. The Morgan fingerprint density at radius 1 is 1.20 bits per heavy atom. The molecule has 1 N–H and O–H groups in total. The van der Waals surface area contributed by atoms with Crippen LogP contribution in [0.4, 0.5) is 0 Å². The zero-order valence-corrected chi connectivity index (χ0v) is 12.6. The first kappa shape index (κ1) is 13.4. The Morgan fingerprint density at radius 3 is 2.70 bits per heavy atom. The lowest BCUT2D eigenvalue weighted by molar-refractivity contribution is 0.673. The summed E-state index contributed by atoms with van der Waals surface area (Å²) in [5.41, 5.74) is 6.47. The molecule has 0 spiro atoms. The van der Waals surface area contributed by atoms with Gasteiger partial charge in [0.1, 0.15) is 0 Å². The minimum atomic E-state index is 0.748. The van der Waals surface area contributed by atoms with E-state index in [-0.39, 0.29) is 0 Å². The Balaban J connectivity index is 1.69. The fourth-order valence-corrected chi connectivity index (χ4v) is 2.44. The molecule has 20 heavy (non-hydrogen) atoms. The predicted molar refractivity (Wildman–Crippen MR) is 81.8 cm³/mol. The highest BCUT2D eigenvalue weighted by atomic mass is 15.3. The van der Waals surface area contributed by atoms with Gasteiger partial charge in [-0.3, -0.25) is 4.68 Å². The van der Waals surface area contributed by atoms with Gasteiger partial charge >= 0.3 is 0 Å². The van der Waals surface area contributed by atoms with Crippen molar-refractivity contribution in [2.24, 2.45) is 0 Å². The number of rotatable bonds is 5. The Morgan fingerprint density at radius 2 is 2.00 bits per heavy atom. The standard InChI is InChI=1S/C17H23N3/c1-12-4-5-15(8-13(12)2)10-20-11-16(14(3)19-20)9-18-17-6-7-17/h4-5,8,11,17-18H,6-7,9-10H2,1-3H3. The Hall–Kier alpha value is -1.61. The molecule has 3 heteroatoms. The summed E-state index contributed by atoms with van der Waals surface area (Å²) in [7, 11) is 0. The fraction of sp³-hybridized carbons (Fsp3) is 0.471. The van der Waals surface area contributed by atoms with Crippen LogP contribution in [0, 0.1) is 20.8 Å². The van der Waals surface area contributed by atoms with E-state index < -0.39 is 0 Å². The van der Waals surface area contributed by atoms with Crippen molar-refractivity contribution < 1.29 is 0 Å². The summed E-state index contributed by atoms with van der Waals surface area (Å²) < 4.78 is 2.06. The number of aryl methyl sites for hydroxylation is 3. The second-order valence-electron chi connectivity index (χ2n) is 6.01. The van der Waals surface area contributed by atoms with E-state index in [0.29, 0.717) is 0 Å². The summed E-state index contributed by atoms with van der Waals surface area (Å²) >= 11 is 0. The van der Waals surface area contributed by atoms with Crippen molar-refractivity contribution in [2.45, 2.75) is 52.7 Å². The highest BCUT2D eigenvalue weighted by molar-refractivity contribution is 5.30. The molecule has 1 saturated carbocycles. The minimum absolute atomic E-state index is 0.748. The van der Waals surface area contributed by atoms with Crippen LogP contribution < -0.4 is 5.32 Å². The molecule has 3 rings (SSSR count). The molecule has 1 aromatic carbocycles. The third-order valence-corrected chi connectivity index (χ3v) is 4.12. The average molecular weight is 269 g/mol. The molecular weight excluding hydrogens is 246 g/mol. The first-order valence-corrected chi connectivity index (χ1v) is 7.44. The zero-order valence-electron chi connectivity index (χ0n) is 12.6. The van der Waals surface area contributed by atoms with Crippen molar-refractivity contribution in [3.05, 3.63) is 52.3 Å². The highest BCUT2D eigenvalue weighted by Gasteiger charge is 2.20. The first-order chi connectivity index (χ1) is 9.61. The number of hydrogen-bond donors (Lipinski definition) is 1. The molecule has 0 saturated heterocycles. The maximum atomic E-state index is 4.63. The quantitative estimate of drug-likeness (QED) is 0.904. The van der Waals surface area contributed by atoms with Crippen LogP contribution in [0.15, 0.2) is 24.4 Å². The Bertz CT molecular complexity index is 609. The van der Waals surface area contributed by atoms with Gasteiger partial charge in [0.05, 0.1) is 12.2 Å². The van der Waals surface area contributed by atoms with Gasteiger partial charge in [-0.05, 0) is 50.3 Å². The maximum Gasteiger partial charge on any atom is 0.0659 e. The van der Waals surface area contributed by atoms with Crippen LogP contribution in [-0.2, 0) is 13.1 Å². The van der Waals surface area contributed by atoms with Crippen molar-refractivity contribution in [3.63, 3.8) is 0 Å². The summed E-state index contributed by atoms with van der Waals surface area (Å²) in [6, 6.07) is 7.39. The lowest BCUT2D eigenvalue weighted by Gasteiger charge is -2.05. The van der Waals surface area contributed by atoms with Gasteiger partial charge < -0.3 is 5.32 Å². The van der Waals surface area contributed by atoms with Gasteiger partial charge in [0, 0.05) is 24.3 Å². The SMILES string of the molecule is Cc1ccc(Cn2cc(CNC3CC3)c(C)n2)cc1C. The van der Waals surface area contributed by atoms with E-state index in [0.717, 1.165) is 24.8 Å². The molecule has 0 amide bonds. The second-order valence-corrected chi connectivity index (χ2v) is 6.01. The van der Waals surface area contributed by atoms with Crippen LogP contribution in [0.2, 0.25) is 0 Å². The van der Waals surface area contributed by atoms with E-state index >= 15 is 0 Å². The summed E-state index contributed by atoms with van der Waals surface area (Å²) in [6.07, 6.45) is 4.84. The summed E-state index contributed by atoms with van der Waals surface area (Å²) in [5, 5.41) is 8.19. The fourth-order valence-electron chi connectivity index (χ4n) is 2.44. The van der Waals surface area contributed by atoms with Gasteiger partial charge in [-0.15, -0.1) is 0 Å². The van der Waals surface area contributed by atoms with Gasteiger partial charge in [-0.2, -0.15) is 5.10 Å². The molecule has 0 bridgehead atoms. The zero-order chi connectivity index (χ0) is 14.1. The predicted octanol–water partition coefficient (Wildman–Crippen LogP) is 3.11. The summed E-state index contributed by atoms with van der Waals surface area (Å²) in [5.74, 6) is 0. The van der Waals surface area contributed by atoms with Crippen LogP contribution in [0.5, 0.6) is 0 Å². The lowest BCUT2D eigenvalue weighted by atomic mass is 10.1. The number of nitrogens with zero attached hydrogens (tertiary/aromatic N) is 2. The van der Waals surface area contributed by atoms with E-state index in [1.165, 1.54) is 35.1 Å². The van der Waals surface area contributed by atoms with Gasteiger partial charge in [0.2, 0.25) is 0 Å². The van der Waals surface area contributed by atoms with Crippen molar-refractivity contribution in [1.82, 2.24) is 15.1 Å². The minimum Gasteiger partial charge on any atom is -0.310 e. The van der Waals surface area contributed by atoms with Crippen LogP contribution >= 0.6 is 0 Å². The molecule has 106 valence electrons. The van der Waals surface area contributed by atoms with Crippen LogP contribution in [0.3, 0.4) is 0 Å².